The highest BCUT2D eigenvalue weighted by atomic mass is 35.5. The quantitative estimate of drug-likeness (QED) is 0.558. The van der Waals surface area contributed by atoms with Gasteiger partial charge in [0.2, 0.25) is 5.91 Å². The van der Waals surface area contributed by atoms with Crippen LogP contribution in [-0.4, -0.2) is 37.1 Å². The van der Waals surface area contributed by atoms with Crippen LogP contribution in [0.4, 0.5) is 5.13 Å². The predicted molar refractivity (Wildman–Crippen MR) is 103 cm³/mol. The van der Waals surface area contributed by atoms with Crippen molar-refractivity contribution in [2.45, 2.75) is 6.54 Å². The van der Waals surface area contributed by atoms with E-state index >= 15 is 0 Å². The number of methoxy groups -OCH3 is 1. The van der Waals surface area contributed by atoms with Crippen LogP contribution in [0.3, 0.4) is 0 Å². The van der Waals surface area contributed by atoms with Crippen LogP contribution < -0.4 is 15.6 Å². The first-order valence-corrected chi connectivity index (χ1v) is 8.96. The van der Waals surface area contributed by atoms with Crippen LogP contribution in [0, 0.1) is 0 Å². The first-order chi connectivity index (χ1) is 13.0. The Bertz CT molecular complexity index is 1240. The summed E-state index contributed by atoms with van der Waals surface area (Å²) in [5.41, 5.74) is 1.28. The molecule has 0 saturated heterocycles. The smallest absolute Gasteiger partial charge is 0.270 e. The largest absolute Gasteiger partial charge is 0.495 e. The Labute approximate surface area is 161 Å². The van der Waals surface area contributed by atoms with E-state index in [-0.39, 0.29) is 18.0 Å². The van der Waals surface area contributed by atoms with Crippen LogP contribution in [-0.2, 0) is 18.4 Å². The SMILES string of the molecule is COc1cc2nc(NC(=O)Cn3cnc4c3ncc(=O)n4C)sc2cc1Cl. The van der Waals surface area contributed by atoms with E-state index in [9.17, 15) is 9.59 Å². The Hall–Kier alpha value is -2.98. The zero-order chi connectivity index (χ0) is 19.1. The maximum Gasteiger partial charge on any atom is 0.270 e. The van der Waals surface area contributed by atoms with E-state index in [1.54, 1.807) is 23.7 Å². The van der Waals surface area contributed by atoms with Gasteiger partial charge in [-0.15, -0.1) is 0 Å². The van der Waals surface area contributed by atoms with Gasteiger partial charge in [0.05, 0.1) is 34.9 Å². The second-order valence-electron chi connectivity index (χ2n) is 5.70. The first-order valence-electron chi connectivity index (χ1n) is 7.77. The van der Waals surface area contributed by atoms with Gasteiger partial charge in [0, 0.05) is 13.1 Å². The minimum absolute atomic E-state index is 0.0122. The number of benzene rings is 1. The second kappa shape index (κ2) is 6.63. The number of nitrogens with one attached hydrogen (secondary N) is 1. The van der Waals surface area contributed by atoms with E-state index < -0.39 is 0 Å². The number of imidazole rings is 1. The molecule has 0 spiro atoms. The number of amides is 1. The van der Waals surface area contributed by atoms with Crippen LogP contribution in [0.2, 0.25) is 5.02 Å². The van der Waals surface area contributed by atoms with Crippen molar-refractivity contribution in [3.63, 3.8) is 0 Å². The van der Waals surface area contributed by atoms with Crippen molar-refractivity contribution in [2.24, 2.45) is 7.05 Å². The number of halogens is 1. The monoisotopic (exact) mass is 404 g/mol. The third-order valence-corrected chi connectivity index (χ3v) is 5.19. The van der Waals surface area contributed by atoms with Gasteiger partial charge in [-0.3, -0.25) is 14.2 Å². The van der Waals surface area contributed by atoms with Crippen molar-refractivity contribution in [3.05, 3.63) is 40.0 Å². The lowest BCUT2D eigenvalue weighted by atomic mass is 10.3. The van der Waals surface area contributed by atoms with Crippen molar-refractivity contribution in [1.29, 1.82) is 0 Å². The molecule has 1 N–H and O–H groups in total. The molecule has 3 aromatic heterocycles. The summed E-state index contributed by atoms with van der Waals surface area (Å²) in [5, 5.41) is 3.68. The molecule has 0 radical (unpaired) electrons. The van der Waals surface area contributed by atoms with Gasteiger partial charge < -0.3 is 14.6 Å². The fraction of sp³-hybridized carbons (Fsp3) is 0.188. The van der Waals surface area contributed by atoms with E-state index in [0.29, 0.717) is 32.7 Å². The number of anilines is 1. The molecule has 1 aromatic carbocycles. The fourth-order valence-corrected chi connectivity index (χ4v) is 3.82. The molecule has 3 heterocycles. The number of aromatic nitrogens is 5. The lowest BCUT2D eigenvalue weighted by Gasteiger charge is -2.04. The van der Waals surface area contributed by atoms with Crippen molar-refractivity contribution >= 4 is 55.5 Å². The number of thiazole rings is 1. The molecule has 9 nitrogen and oxygen atoms in total. The van der Waals surface area contributed by atoms with Gasteiger partial charge in [-0.2, -0.15) is 0 Å². The Morgan fingerprint density at radius 2 is 2.15 bits per heavy atom. The van der Waals surface area contributed by atoms with Crippen LogP contribution in [0.15, 0.2) is 29.5 Å². The molecule has 0 aliphatic heterocycles. The van der Waals surface area contributed by atoms with Gasteiger partial charge in [0.15, 0.2) is 16.4 Å². The number of hydrogen-bond donors (Lipinski definition) is 1. The van der Waals surface area contributed by atoms with E-state index in [0.717, 1.165) is 4.70 Å². The molecule has 138 valence electrons. The maximum atomic E-state index is 12.4. The summed E-state index contributed by atoms with van der Waals surface area (Å²) in [7, 11) is 3.13. The van der Waals surface area contributed by atoms with E-state index in [1.807, 2.05) is 0 Å². The van der Waals surface area contributed by atoms with Gasteiger partial charge in [0.25, 0.3) is 5.56 Å². The number of carbonyl (C=O) groups excluding carboxylic acids is 1. The average Bonchev–Trinajstić information content (AvgIpc) is 3.20. The summed E-state index contributed by atoms with van der Waals surface area (Å²) < 4.78 is 8.95. The fourth-order valence-electron chi connectivity index (χ4n) is 2.61. The Kier molecular flexibility index (Phi) is 4.28. The highest BCUT2D eigenvalue weighted by molar-refractivity contribution is 7.22. The molecule has 0 aliphatic rings. The van der Waals surface area contributed by atoms with Crippen LogP contribution in [0.25, 0.3) is 21.5 Å². The van der Waals surface area contributed by atoms with Crippen molar-refractivity contribution < 1.29 is 9.53 Å². The summed E-state index contributed by atoms with van der Waals surface area (Å²) in [6.45, 7) is -0.0122. The summed E-state index contributed by atoms with van der Waals surface area (Å²) in [4.78, 5) is 36.6. The number of nitrogens with zero attached hydrogens (tertiary/aromatic N) is 5. The molecular formula is C16H13ClN6O3S. The molecule has 4 rings (SSSR count). The predicted octanol–water partition coefficient (Wildman–Crippen LogP) is 2.04. The van der Waals surface area contributed by atoms with Crippen LogP contribution in [0.1, 0.15) is 0 Å². The third kappa shape index (κ3) is 3.13. The molecule has 11 heteroatoms. The molecule has 27 heavy (non-hydrogen) atoms. The third-order valence-electron chi connectivity index (χ3n) is 3.96. The number of rotatable bonds is 4. The molecule has 0 bridgehead atoms. The molecule has 0 fully saturated rings. The molecule has 0 saturated carbocycles. The first kappa shape index (κ1) is 17.4. The highest BCUT2D eigenvalue weighted by Gasteiger charge is 2.14. The molecule has 0 atom stereocenters. The molecular weight excluding hydrogens is 392 g/mol. The summed E-state index contributed by atoms with van der Waals surface area (Å²) in [6, 6.07) is 3.47. The average molecular weight is 405 g/mol. The van der Waals surface area contributed by atoms with Crippen molar-refractivity contribution in [1.82, 2.24) is 24.1 Å². The number of hydrogen-bond acceptors (Lipinski definition) is 7. The topological polar surface area (TPSA) is 104 Å². The van der Waals surface area contributed by atoms with Gasteiger partial charge >= 0.3 is 0 Å². The maximum absolute atomic E-state index is 12.4. The molecule has 1 amide bonds. The highest BCUT2D eigenvalue weighted by Crippen LogP contribution is 2.34. The lowest BCUT2D eigenvalue weighted by Crippen LogP contribution is -2.20. The Morgan fingerprint density at radius 1 is 1.33 bits per heavy atom. The van der Waals surface area contributed by atoms with E-state index in [4.69, 9.17) is 16.3 Å². The molecule has 4 aromatic rings. The number of carbonyl (C=O) groups is 1. The van der Waals surface area contributed by atoms with E-state index in [1.165, 1.54) is 35.5 Å². The van der Waals surface area contributed by atoms with Crippen molar-refractivity contribution in [2.75, 3.05) is 12.4 Å². The summed E-state index contributed by atoms with van der Waals surface area (Å²) >= 11 is 7.43. The standard InChI is InChI=1S/C16H13ClN6O3S/c1-22-13(25)5-18-15-14(22)19-7-23(15)6-12(24)21-16-20-9-4-10(26-2)8(17)3-11(9)27-16/h3-5,7H,6H2,1-2H3,(H,20,21,24). The normalized spacial score (nSPS) is 11.2. The number of ether oxygens (including phenoxy) is 1. The van der Waals surface area contributed by atoms with Crippen LogP contribution in [0.5, 0.6) is 5.75 Å². The van der Waals surface area contributed by atoms with Crippen LogP contribution >= 0.6 is 22.9 Å². The summed E-state index contributed by atoms with van der Waals surface area (Å²) in [5.74, 6) is 0.232. The minimum atomic E-state index is -0.290. The van der Waals surface area contributed by atoms with Gasteiger partial charge in [-0.1, -0.05) is 22.9 Å². The zero-order valence-electron chi connectivity index (χ0n) is 14.3. The van der Waals surface area contributed by atoms with Gasteiger partial charge in [-0.25, -0.2) is 15.0 Å². The molecule has 0 unspecified atom stereocenters. The van der Waals surface area contributed by atoms with Gasteiger partial charge in [0.1, 0.15) is 12.3 Å². The minimum Gasteiger partial charge on any atom is -0.495 e. The molecule has 0 aliphatic carbocycles. The number of aryl methyl sites for hydroxylation is 1. The summed E-state index contributed by atoms with van der Waals surface area (Å²) in [6.07, 6.45) is 2.67. The zero-order valence-corrected chi connectivity index (χ0v) is 15.8. The Balaban J connectivity index is 1.57. The number of fused-ring (bicyclic) bond motifs is 2. The van der Waals surface area contributed by atoms with Crippen molar-refractivity contribution in [3.8, 4) is 5.75 Å². The Morgan fingerprint density at radius 3 is 2.93 bits per heavy atom. The van der Waals surface area contributed by atoms with Gasteiger partial charge in [-0.05, 0) is 6.07 Å². The lowest BCUT2D eigenvalue weighted by molar-refractivity contribution is -0.116. The van der Waals surface area contributed by atoms with E-state index in [2.05, 4.69) is 20.3 Å². The second-order valence-corrected chi connectivity index (χ2v) is 7.13.